The summed E-state index contributed by atoms with van der Waals surface area (Å²) in [6.45, 7) is 3.55. The summed E-state index contributed by atoms with van der Waals surface area (Å²) in [6, 6.07) is 10.7. The number of fused-ring (bicyclic) bond motifs is 1. The minimum Gasteiger partial charge on any atom is -0.481 e. The Balaban J connectivity index is 1.67. The van der Waals surface area contributed by atoms with Crippen LogP contribution in [0.2, 0.25) is 5.02 Å². The largest absolute Gasteiger partial charge is 0.481 e. The maximum Gasteiger partial charge on any atom is 0.265 e. The lowest BCUT2D eigenvalue weighted by molar-refractivity contribution is -0.122. The summed E-state index contributed by atoms with van der Waals surface area (Å²) in [6.07, 6.45) is -0.681. The molecule has 25 heavy (non-hydrogen) atoms. The Labute approximate surface area is 155 Å². The number of nitrogens with one attached hydrogen (secondary N) is 2. The number of hydrogen-bond acceptors (Lipinski definition) is 4. The van der Waals surface area contributed by atoms with Gasteiger partial charge in [0, 0.05) is 15.6 Å². The van der Waals surface area contributed by atoms with Crippen molar-refractivity contribution >= 4 is 46.6 Å². The van der Waals surface area contributed by atoms with E-state index in [1.807, 2.05) is 19.1 Å². The predicted molar refractivity (Wildman–Crippen MR) is 101 cm³/mol. The summed E-state index contributed by atoms with van der Waals surface area (Å²) in [4.78, 5) is 24.8. The number of halogens is 1. The van der Waals surface area contributed by atoms with E-state index in [2.05, 4.69) is 10.6 Å². The smallest absolute Gasteiger partial charge is 0.265 e. The average Bonchev–Trinajstić information content (AvgIpc) is 2.57. The van der Waals surface area contributed by atoms with E-state index in [-0.39, 0.29) is 11.8 Å². The lowest BCUT2D eigenvalue weighted by Crippen LogP contribution is -2.30. The van der Waals surface area contributed by atoms with Crippen LogP contribution < -0.4 is 15.4 Å². The number of benzene rings is 2. The van der Waals surface area contributed by atoms with Gasteiger partial charge in [-0.15, -0.1) is 11.8 Å². The standard InChI is InChI=1S/C18H17ClN2O3S/c1-10-7-12(19)3-5-15(10)24-11(2)18(23)20-13-4-6-16-14(8-13)21-17(22)9-25-16/h3-8,11H,9H2,1-2H3,(H,20,23)(H,21,22). The van der Waals surface area contributed by atoms with Crippen LogP contribution in [-0.4, -0.2) is 23.7 Å². The van der Waals surface area contributed by atoms with Crippen molar-refractivity contribution < 1.29 is 14.3 Å². The van der Waals surface area contributed by atoms with Gasteiger partial charge in [-0.3, -0.25) is 9.59 Å². The van der Waals surface area contributed by atoms with E-state index < -0.39 is 6.10 Å². The second-order valence-electron chi connectivity index (χ2n) is 5.71. The lowest BCUT2D eigenvalue weighted by atomic mass is 10.2. The van der Waals surface area contributed by atoms with Crippen molar-refractivity contribution in [1.29, 1.82) is 0 Å². The van der Waals surface area contributed by atoms with Crippen molar-refractivity contribution in [3.63, 3.8) is 0 Å². The minimum absolute atomic E-state index is 0.0455. The molecule has 1 atom stereocenters. The third-order valence-corrected chi connectivity index (χ3v) is 5.00. The van der Waals surface area contributed by atoms with Gasteiger partial charge in [-0.1, -0.05) is 11.6 Å². The molecule has 130 valence electrons. The zero-order valence-electron chi connectivity index (χ0n) is 13.8. The molecule has 0 saturated carbocycles. The fraction of sp³-hybridized carbons (Fsp3) is 0.222. The van der Waals surface area contributed by atoms with Crippen LogP contribution in [0.25, 0.3) is 0 Å². The van der Waals surface area contributed by atoms with E-state index in [1.165, 1.54) is 11.8 Å². The van der Waals surface area contributed by atoms with E-state index in [0.29, 0.717) is 27.9 Å². The Kier molecular flexibility index (Phi) is 5.20. The first-order valence-corrected chi connectivity index (χ1v) is 9.09. The molecule has 2 aromatic carbocycles. The van der Waals surface area contributed by atoms with Crippen LogP contribution in [-0.2, 0) is 9.59 Å². The molecule has 0 saturated heterocycles. The normalized spacial score (nSPS) is 14.3. The summed E-state index contributed by atoms with van der Waals surface area (Å²) in [5.41, 5.74) is 2.18. The molecule has 2 N–H and O–H groups in total. The Morgan fingerprint density at radius 2 is 2.12 bits per heavy atom. The van der Waals surface area contributed by atoms with Crippen molar-refractivity contribution in [1.82, 2.24) is 0 Å². The van der Waals surface area contributed by atoms with Gasteiger partial charge in [0.25, 0.3) is 5.91 Å². The highest BCUT2D eigenvalue weighted by Gasteiger charge is 2.19. The predicted octanol–water partition coefficient (Wildman–Crippen LogP) is 4.10. The average molecular weight is 377 g/mol. The van der Waals surface area contributed by atoms with Crippen LogP contribution >= 0.6 is 23.4 Å². The van der Waals surface area contributed by atoms with Crippen LogP contribution in [0, 0.1) is 6.92 Å². The first-order valence-electron chi connectivity index (χ1n) is 7.73. The highest BCUT2D eigenvalue weighted by molar-refractivity contribution is 8.00. The van der Waals surface area contributed by atoms with Gasteiger partial charge < -0.3 is 15.4 Å². The molecule has 1 aliphatic rings. The SMILES string of the molecule is Cc1cc(Cl)ccc1OC(C)C(=O)Nc1ccc2c(c1)NC(=O)CS2. The van der Waals surface area contributed by atoms with Crippen molar-refractivity contribution in [2.24, 2.45) is 0 Å². The Bertz CT molecular complexity index is 841. The van der Waals surface area contributed by atoms with Crippen molar-refractivity contribution in [3.05, 3.63) is 47.0 Å². The summed E-state index contributed by atoms with van der Waals surface area (Å²) < 4.78 is 5.72. The molecular formula is C18H17ClN2O3S. The molecule has 0 bridgehead atoms. The number of aryl methyl sites for hydroxylation is 1. The van der Waals surface area contributed by atoms with Crippen LogP contribution in [0.1, 0.15) is 12.5 Å². The number of carbonyl (C=O) groups excluding carboxylic acids is 2. The molecule has 0 spiro atoms. The molecule has 3 rings (SSSR count). The molecule has 0 radical (unpaired) electrons. The number of amides is 2. The quantitative estimate of drug-likeness (QED) is 0.843. The van der Waals surface area contributed by atoms with Crippen LogP contribution in [0.5, 0.6) is 5.75 Å². The van der Waals surface area contributed by atoms with Gasteiger partial charge in [-0.2, -0.15) is 0 Å². The van der Waals surface area contributed by atoms with Crippen LogP contribution in [0.15, 0.2) is 41.3 Å². The maximum absolute atomic E-state index is 12.4. The van der Waals surface area contributed by atoms with Gasteiger partial charge in [0.1, 0.15) is 5.75 Å². The molecule has 0 aromatic heterocycles. The molecule has 1 aliphatic heterocycles. The van der Waals surface area contributed by atoms with E-state index in [4.69, 9.17) is 16.3 Å². The highest BCUT2D eigenvalue weighted by Crippen LogP contribution is 2.33. The lowest BCUT2D eigenvalue weighted by Gasteiger charge is -2.19. The molecule has 5 nitrogen and oxygen atoms in total. The van der Waals surface area contributed by atoms with E-state index in [9.17, 15) is 9.59 Å². The summed E-state index contributed by atoms with van der Waals surface area (Å²) >= 11 is 7.40. The van der Waals surface area contributed by atoms with Crippen molar-refractivity contribution in [2.45, 2.75) is 24.8 Å². The number of anilines is 2. The second kappa shape index (κ2) is 7.37. The topological polar surface area (TPSA) is 67.4 Å². The summed E-state index contributed by atoms with van der Waals surface area (Å²) in [5.74, 6) is 0.699. The van der Waals surface area contributed by atoms with Crippen molar-refractivity contribution in [2.75, 3.05) is 16.4 Å². The first-order chi connectivity index (χ1) is 11.9. The summed E-state index contributed by atoms with van der Waals surface area (Å²) in [5, 5.41) is 6.23. The Hall–Kier alpha value is -2.18. The molecular weight excluding hydrogens is 360 g/mol. The Morgan fingerprint density at radius 1 is 1.32 bits per heavy atom. The third kappa shape index (κ3) is 4.27. The molecule has 2 aromatic rings. The molecule has 0 fully saturated rings. The van der Waals surface area contributed by atoms with Gasteiger partial charge in [0.2, 0.25) is 5.91 Å². The van der Waals surface area contributed by atoms with Gasteiger partial charge in [0.15, 0.2) is 6.10 Å². The number of carbonyl (C=O) groups is 2. The van der Waals surface area contributed by atoms with Gasteiger partial charge in [0.05, 0.1) is 11.4 Å². The van der Waals surface area contributed by atoms with E-state index in [1.54, 1.807) is 31.2 Å². The second-order valence-corrected chi connectivity index (χ2v) is 7.16. The number of rotatable bonds is 4. The van der Waals surface area contributed by atoms with Gasteiger partial charge in [-0.05, 0) is 55.8 Å². The summed E-state index contributed by atoms with van der Waals surface area (Å²) in [7, 11) is 0. The Morgan fingerprint density at radius 3 is 2.88 bits per heavy atom. The molecule has 2 amide bonds. The van der Waals surface area contributed by atoms with E-state index >= 15 is 0 Å². The molecule has 0 aliphatic carbocycles. The number of hydrogen-bond donors (Lipinski definition) is 2. The molecule has 7 heteroatoms. The minimum atomic E-state index is -0.681. The zero-order valence-corrected chi connectivity index (χ0v) is 15.3. The monoisotopic (exact) mass is 376 g/mol. The fourth-order valence-corrected chi connectivity index (χ4v) is 3.41. The van der Waals surface area contributed by atoms with Crippen molar-refractivity contribution in [3.8, 4) is 5.75 Å². The fourth-order valence-electron chi connectivity index (χ4n) is 2.39. The van der Waals surface area contributed by atoms with Crippen LogP contribution in [0.3, 0.4) is 0 Å². The van der Waals surface area contributed by atoms with Crippen LogP contribution in [0.4, 0.5) is 11.4 Å². The third-order valence-electron chi connectivity index (χ3n) is 3.69. The highest BCUT2D eigenvalue weighted by atomic mass is 35.5. The number of thioether (sulfide) groups is 1. The first kappa shape index (κ1) is 17.6. The molecule has 1 unspecified atom stereocenters. The number of ether oxygens (including phenoxy) is 1. The van der Waals surface area contributed by atoms with Gasteiger partial charge >= 0.3 is 0 Å². The van der Waals surface area contributed by atoms with Gasteiger partial charge in [-0.25, -0.2) is 0 Å². The van der Waals surface area contributed by atoms with E-state index in [0.717, 1.165) is 10.5 Å². The maximum atomic E-state index is 12.4. The zero-order chi connectivity index (χ0) is 18.0. The molecule has 1 heterocycles.